The van der Waals surface area contributed by atoms with E-state index in [1.165, 1.54) is 24.4 Å². The van der Waals surface area contributed by atoms with E-state index < -0.39 is 11.7 Å². The zero-order valence-electron chi connectivity index (χ0n) is 8.95. The quantitative estimate of drug-likeness (QED) is 0.853. The third-order valence-corrected chi connectivity index (χ3v) is 2.60. The fourth-order valence-corrected chi connectivity index (χ4v) is 1.70. The molecular weight excluding hydrogens is 278 g/mol. The molecule has 1 aromatic carbocycles. The van der Waals surface area contributed by atoms with Gasteiger partial charge >= 0.3 is 0 Å². The average Bonchev–Trinajstić information content (AvgIpc) is 2.32. The van der Waals surface area contributed by atoms with Crippen molar-refractivity contribution < 1.29 is 9.18 Å². The maximum atomic E-state index is 13.4. The van der Waals surface area contributed by atoms with Gasteiger partial charge in [-0.1, -0.05) is 23.2 Å². The molecule has 0 saturated carbocycles. The Bertz CT molecular complexity index is 604. The number of benzene rings is 1. The van der Waals surface area contributed by atoms with Gasteiger partial charge in [-0.2, -0.15) is 0 Å². The molecule has 1 heterocycles. The minimum Gasteiger partial charge on any atom is -0.322 e. The number of hydrogen-bond acceptors (Lipinski definition) is 2. The molecule has 0 radical (unpaired) electrons. The van der Waals surface area contributed by atoms with Gasteiger partial charge in [-0.05, 0) is 30.3 Å². The minimum atomic E-state index is -0.642. The standard InChI is InChI=1S/C12H7Cl2FN2O/c13-7-1-2-10(15)9(5-7)12(18)17-8-3-4-16-11(14)6-8/h1-6H,(H,16,17,18). The number of halogens is 3. The maximum absolute atomic E-state index is 13.4. The third-order valence-electron chi connectivity index (χ3n) is 2.16. The van der Waals surface area contributed by atoms with Crippen LogP contribution < -0.4 is 5.32 Å². The summed E-state index contributed by atoms with van der Waals surface area (Å²) < 4.78 is 13.4. The van der Waals surface area contributed by atoms with Crippen LogP contribution in [0.15, 0.2) is 36.5 Å². The lowest BCUT2D eigenvalue weighted by Crippen LogP contribution is -2.13. The van der Waals surface area contributed by atoms with Crippen molar-refractivity contribution in [2.45, 2.75) is 0 Å². The first-order valence-corrected chi connectivity index (χ1v) is 5.70. The van der Waals surface area contributed by atoms with Gasteiger partial charge in [0.25, 0.3) is 5.91 Å². The van der Waals surface area contributed by atoms with E-state index in [-0.39, 0.29) is 15.7 Å². The van der Waals surface area contributed by atoms with Crippen molar-refractivity contribution in [3.63, 3.8) is 0 Å². The Kier molecular flexibility index (Phi) is 3.79. The van der Waals surface area contributed by atoms with E-state index in [1.54, 1.807) is 6.07 Å². The zero-order chi connectivity index (χ0) is 13.1. The first-order chi connectivity index (χ1) is 8.56. The van der Waals surface area contributed by atoms with Gasteiger partial charge in [0, 0.05) is 16.9 Å². The van der Waals surface area contributed by atoms with Gasteiger partial charge in [-0.25, -0.2) is 9.37 Å². The van der Waals surface area contributed by atoms with E-state index in [4.69, 9.17) is 23.2 Å². The van der Waals surface area contributed by atoms with E-state index in [1.807, 2.05) is 0 Å². The minimum absolute atomic E-state index is 0.129. The summed E-state index contributed by atoms with van der Waals surface area (Å²) in [6, 6.07) is 6.77. The van der Waals surface area contributed by atoms with Gasteiger partial charge in [0.2, 0.25) is 0 Å². The van der Waals surface area contributed by atoms with Crippen molar-refractivity contribution in [2.24, 2.45) is 0 Å². The van der Waals surface area contributed by atoms with E-state index >= 15 is 0 Å². The van der Waals surface area contributed by atoms with Crippen LogP contribution in [0.25, 0.3) is 0 Å². The maximum Gasteiger partial charge on any atom is 0.258 e. The largest absolute Gasteiger partial charge is 0.322 e. The van der Waals surface area contributed by atoms with Crippen molar-refractivity contribution in [1.29, 1.82) is 0 Å². The second kappa shape index (κ2) is 5.33. The number of carbonyl (C=O) groups is 1. The molecule has 0 aliphatic heterocycles. The molecule has 6 heteroatoms. The Morgan fingerprint density at radius 3 is 2.72 bits per heavy atom. The molecule has 1 N–H and O–H groups in total. The molecule has 2 rings (SSSR count). The van der Waals surface area contributed by atoms with Crippen LogP contribution in [0.1, 0.15) is 10.4 Å². The van der Waals surface area contributed by atoms with Crippen LogP contribution in [0.4, 0.5) is 10.1 Å². The van der Waals surface area contributed by atoms with Crippen LogP contribution in [0.3, 0.4) is 0 Å². The Morgan fingerprint density at radius 1 is 1.22 bits per heavy atom. The van der Waals surface area contributed by atoms with Crippen LogP contribution in [-0.4, -0.2) is 10.9 Å². The van der Waals surface area contributed by atoms with Gasteiger partial charge in [0.15, 0.2) is 0 Å². The Morgan fingerprint density at radius 2 is 2.00 bits per heavy atom. The highest BCUT2D eigenvalue weighted by Crippen LogP contribution is 2.17. The normalized spacial score (nSPS) is 10.2. The summed E-state index contributed by atoms with van der Waals surface area (Å²) in [5.41, 5.74) is 0.301. The molecule has 0 fully saturated rings. The van der Waals surface area contributed by atoms with Crippen LogP contribution in [0.2, 0.25) is 10.2 Å². The fraction of sp³-hybridized carbons (Fsp3) is 0. The Hall–Kier alpha value is -1.65. The summed E-state index contributed by atoms with van der Waals surface area (Å²) >= 11 is 11.4. The molecule has 2 aromatic rings. The smallest absolute Gasteiger partial charge is 0.258 e. The second-order valence-electron chi connectivity index (χ2n) is 3.45. The molecule has 92 valence electrons. The number of amides is 1. The topological polar surface area (TPSA) is 42.0 Å². The summed E-state index contributed by atoms with van der Waals surface area (Å²) in [4.78, 5) is 15.6. The van der Waals surface area contributed by atoms with Gasteiger partial charge < -0.3 is 5.32 Å². The van der Waals surface area contributed by atoms with Gasteiger partial charge in [0.1, 0.15) is 11.0 Å². The van der Waals surface area contributed by atoms with Crippen molar-refractivity contribution in [3.8, 4) is 0 Å². The highest BCUT2D eigenvalue weighted by atomic mass is 35.5. The highest BCUT2D eigenvalue weighted by Gasteiger charge is 2.12. The van der Waals surface area contributed by atoms with Crippen LogP contribution in [0.5, 0.6) is 0 Å². The molecule has 0 bridgehead atoms. The number of pyridine rings is 1. The van der Waals surface area contributed by atoms with Gasteiger partial charge in [-0.3, -0.25) is 4.79 Å². The molecule has 0 aliphatic carbocycles. The SMILES string of the molecule is O=C(Nc1ccnc(Cl)c1)c1cc(Cl)ccc1F. The lowest BCUT2D eigenvalue weighted by atomic mass is 10.2. The van der Waals surface area contributed by atoms with Gasteiger partial charge in [0.05, 0.1) is 5.56 Å². The molecule has 0 spiro atoms. The third kappa shape index (κ3) is 2.97. The van der Waals surface area contributed by atoms with Crippen LogP contribution in [0, 0.1) is 5.82 Å². The number of nitrogens with one attached hydrogen (secondary N) is 1. The molecule has 1 amide bonds. The predicted octanol–water partition coefficient (Wildman–Crippen LogP) is 3.78. The van der Waals surface area contributed by atoms with E-state index in [0.29, 0.717) is 5.69 Å². The number of nitrogens with zero attached hydrogens (tertiary/aromatic N) is 1. The number of aromatic nitrogens is 1. The van der Waals surface area contributed by atoms with Gasteiger partial charge in [-0.15, -0.1) is 0 Å². The van der Waals surface area contributed by atoms with Crippen molar-refractivity contribution in [2.75, 3.05) is 5.32 Å². The molecule has 0 aliphatic rings. The number of hydrogen-bond donors (Lipinski definition) is 1. The van der Waals surface area contributed by atoms with E-state index in [9.17, 15) is 9.18 Å². The summed E-state index contributed by atoms with van der Waals surface area (Å²) in [5.74, 6) is -1.24. The lowest BCUT2D eigenvalue weighted by Gasteiger charge is -2.06. The lowest BCUT2D eigenvalue weighted by molar-refractivity contribution is 0.102. The molecule has 18 heavy (non-hydrogen) atoms. The van der Waals surface area contributed by atoms with Crippen LogP contribution in [-0.2, 0) is 0 Å². The monoisotopic (exact) mass is 284 g/mol. The molecule has 1 aromatic heterocycles. The number of rotatable bonds is 2. The molecule has 3 nitrogen and oxygen atoms in total. The molecule has 0 atom stereocenters. The summed E-state index contributed by atoms with van der Waals surface area (Å²) in [6.07, 6.45) is 1.44. The van der Waals surface area contributed by atoms with Crippen LogP contribution >= 0.6 is 23.2 Å². The van der Waals surface area contributed by atoms with Crippen molar-refractivity contribution in [3.05, 3.63) is 58.1 Å². The number of anilines is 1. The Balaban J connectivity index is 2.24. The summed E-state index contributed by atoms with van der Waals surface area (Å²) in [7, 11) is 0. The summed E-state index contributed by atoms with van der Waals surface area (Å²) in [5, 5.41) is 3.03. The highest BCUT2D eigenvalue weighted by molar-refractivity contribution is 6.31. The van der Waals surface area contributed by atoms with E-state index in [2.05, 4.69) is 10.3 Å². The second-order valence-corrected chi connectivity index (χ2v) is 4.27. The Labute approximate surface area is 113 Å². The first-order valence-electron chi connectivity index (χ1n) is 4.94. The fourth-order valence-electron chi connectivity index (χ4n) is 1.35. The van der Waals surface area contributed by atoms with Crippen molar-refractivity contribution >= 4 is 34.8 Å². The molecule has 0 unspecified atom stereocenters. The molecule has 0 saturated heterocycles. The van der Waals surface area contributed by atoms with Crippen molar-refractivity contribution in [1.82, 2.24) is 4.98 Å². The average molecular weight is 285 g/mol. The van der Waals surface area contributed by atoms with E-state index in [0.717, 1.165) is 6.07 Å². The zero-order valence-corrected chi connectivity index (χ0v) is 10.5. The first kappa shape index (κ1) is 12.8. The predicted molar refractivity (Wildman–Crippen MR) is 68.6 cm³/mol. The summed E-state index contributed by atoms with van der Waals surface area (Å²) in [6.45, 7) is 0. The molecular formula is C12H7Cl2FN2O. The number of carbonyl (C=O) groups excluding carboxylic acids is 1.